The summed E-state index contributed by atoms with van der Waals surface area (Å²) in [5.74, 6) is 0.330. The number of ketones is 2. The van der Waals surface area contributed by atoms with Crippen LogP contribution in [0.15, 0.2) is 24.4 Å². The summed E-state index contributed by atoms with van der Waals surface area (Å²) >= 11 is 0. The molecule has 0 saturated heterocycles. The molecule has 0 aromatic carbocycles. The minimum Gasteiger partial charge on any atom is -0.300 e. The van der Waals surface area contributed by atoms with Gasteiger partial charge in [-0.15, -0.1) is 0 Å². The summed E-state index contributed by atoms with van der Waals surface area (Å²) in [6.07, 6.45) is 38.1. The maximum absolute atomic E-state index is 13.2. The third kappa shape index (κ3) is 25.5. The lowest BCUT2D eigenvalue weighted by Gasteiger charge is -2.15. The minimum absolute atomic E-state index is 0.207. The lowest BCUT2D eigenvalue weighted by Crippen LogP contribution is -2.21. The van der Waals surface area contributed by atoms with Gasteiger partial charge in [0.25, 0.3) is 0 Å². The number of carbonyl (C=O) groups is 2. The second-order valence-electron chi connectivity index (χ2n) is 13.4. The molecule has 3 heteroatoms. The number of carbonyl (C=O) groups excluding carboxylic acids is 2. The van der Waals surface area contributed by atoms with Crippen molar-refractivity contribution in [1.29, 1.82) is 0 Å². The number of rotatable bonds is 33. The predicted molar refractivity (Wildman–Crippen MR) is 187 cm³/mol. The second kappa shape index (κ2) is 30.5. The standard InChI is InChI=1S/C40H71NO2/c1-3-5-7-9-11-13-15-17-19-21-23-25-27-32-39(42)36-37(35-38-31-29-30-34-41-38)40(43)33-28-26-24-22-20-18-16-14-12-10-8-6-4-2/h29-31,34,37H,3-28,32-33,35-36H2,1-2H3. The van der Waals surface area contributed by atoms with E-state index in [9.17, 15) is 9.59 Å². The molecule has 0 spiro atoms. The smallest absolute Gasteiger partial charge is 0.136 e. The van der Waals surface area contributed by atoms with Crippen molar-refractivity contribution >= 4 is 11.6 Å². The molecule has 3 nitrogen and oxygen atoms in total. The molecular formula is C40H71NO2. The zero-order chi connectivity index (χ0) is 31.1. The molecule has 1 heterocycles. The number of aromatic nitrogens is 1. The first kappa shape index (κ1) is 39.5. The van der Waals surface area contributed by atoms with Crippen LogP contribution in [0.4, 0.5) is 0 Å². The van der Waals surface area contributed by atoms with Crippen molar-refractivity contribution in [2.75, 3.05) is 0 Å². The lowest BCUT2D eigenvalue weighted by molar-refractivity contribution is -0.128. The van der Waals surface area contributed by atoms with Gasteiger partial charge in [-0.3, -0.25) is 14.6 Å². The van der Waals surface area contributed by atoms with Gasteiger partial charge >= 0.3 is 0 Å². The molecule has 1 rings (SSSR count). The zero-order valence-electron chi connectivity index (χ0n) is 28.9. The van der Waals surface area contributed by atoms with Crippen molar-refractivity contribution in [3.63, 3.8) is 0 Å². The molecule has 0 amide bonds. The van der Waals surface area contributed by atoms with E-state index in [0.717, 1.165) is 31.4 Å². The summed E-state index contributed by atoms with van der Waals surface area (Å²) in [6.45, 7) is 4.55. The van der Waals surface area contributed by atoms with Crippen molar-refractivity contribution in [1.82, 2.24) is 4.98 Å². The third-order valence-electron chi connectivity index (χ3n) is 9.20. The number of pyridine rings is 1. The highest BCUT2D eigenvalue weighted by molar-refractivity contribution is 5.88. The fraction of sp³-hybridized carbons (Fsp3) is 0.825. The first-order valence-corrected chi connectivity index (χ1v) is 19.1. The Balaban J connectivity index is 2.17. The van der Waals surface area contributed by atoms with Crippen LogP contribution in [0.5, 0.6) is 0 Å². The average Bonchev–Trinajstić information content (AvgIpc) is 3.01. The van der Waals surface area contributed by atoms with Crippen LogP contribution in [0.3, 0.4) is 0 Å². The highest BCUT2D eigenvalue weighted by Gasteiger charge is 2.22. The molecule has 248 valence electrons. The quantitative estimate of drug-likeness (QED) is 0.0757. The zero-order valence-corrected chi connectivity index (χ0v) is 28.9. The van der Waals surface area contributed by atoms with Crippen molar-refractivity contribution in [3.05, 3.63) is 30.1 Å². The predicted octanol–water partition coefficient (Wildman–Crippen LogP) is 12.7. The molecule has 1 atom stereocenters. The fourth-order valence-corrected chi connectivity index (χ4v) is 6.31. The minimum atomic E-state index is -0.207. The van der Waals surface area contributed by atoms with Crippen molar-refractivity contribution in [2.24, 2.45) is 5.92 Å². The topological polar surface area (TPSA) is 47.0 Å². The number of nitrogens with zero attached hydrogens (tertiary/aromatic N) is 1. The van der Waals surface area contributed by atoms with Gasteiger partial charge in [0.15, 0.2) is 0 Å². The Bertz CT molecular complexity index is 746. The van der Waals surface area contributed by atoms with Crippen LogP contribution < -0.4 is 0 Å². The van der Waals surface area contributed by atoms with Crippen molar-refractivity contribution in [3.8, 4) is 0 Å². The summed E-state index contributed by atoms with van der Waals surface area (Å²) in [4.78, 5) is 30.5. The Morgan fingerprint density at radius 1 is 0.535 bits per heavy atom. The van der Waals surface area contributed by atoms with Gasteiger partial charge in [0.1, 0.15) is 11.6 Å². The number of hydrogen-bond donors (Lipinski definition) is 0. The summed E-state index contributed by atoms with van der Waals surface area (Å²) in [5.41, 5.74) is 0.931. The van der Waals surface area contributed by atoms with Gasteiger partial charge in [-0.2, -0.15) is 0 Å². The number of hydrogen-bond acceptors (Lipinski definition) is 3. The maximum atomic E-state index is 13.2. The average molecular weight is 598 g/mol. The van der Waals surface area contributed by atoms with E-state index in [1.54, 1.807) is 6.20 Å². The van der Waals surface area contributed by atoms with E-state index in [4.69, 9.17) is 0 Å². The van der Waals surface area contributed by atoms with E-state index in [-0.39, 0.29) is 17.5 Å². The van der Waals surface area contributed by atoms with E-state index >= 15 is 0 Å². The normalized spacial score (nSPS) is 12.0. The van der Waals surface area contributed by atoms with Gasteiger partial charge in [0.05, 0.1) is 0 Å². The molecule has 1 aromatic heterocycles. The van der Waals surface area contributed by atoms with E-state index in [0.29, 0.717) is 25.7 Å². The SMILES string of the molecule is CCCCCCCCCCCCCCCC(=O)CC(Cc1ccccn1)C(=O)CCCCCCCCCCCCCCC. The van der Waals surface area contributed by atoms with E-state index in [1.807, 2.05) is 18.2 Å². The first-order valence-electron chi connectivity index (χ1n) is 19.1. The molecule has 1 aromatic rings. The van der Waals surface area contributed by atoms with Crippen LogP contribution >= 0.6 is 0 Å². The molecule has 1 unspecified atom stereocenters. The van der Waals surface area contributed by atoms with E-state index < -0.39 is 0 Å². The lowest BCUT2D eigenvalue weighted by atomic mass is 9.88. The summed E-state index contributed by atoms with van der Waals surface area (Å²) in [7, 11) is 0. The van der Waals surface area contributed by atoms with E-state index in [2.05, 4.69) is 18.8 Å². The van der Waals surface area contributed by atoms with E-state index in [1.165, 1.54) is 141 Å². The van der Waals surface area contributed by atoms with Crippen LogP contribution in [0.25, 0.3) is 0 Å². The van der Waals surface area contributed by atoms with Crippen LogP contribution in [0.1, 0.15) is 206 Å². The van der Waals surface area contributed by atoms with Crippen molar-refractivity contribution < 1.29 is 9.59 Å². The third-order valence-corrected chi connectivity index (χ3v) is 9.20. The molecule has 0 saturated carbocycles. The van der Waals surface area contributed by atoms with Gasteiger partial charge in [-0.05, 0) is 31.4 Å². The first-order chi connectivity index (χ1) is 21.2. The highest BCUT2D eigenvalue weighted by Crippen LogP contribution is 2.20. The molecule has 0 fully saturated rings. The second-order valence-corrected chi connectivity index (χ2v) is 13.4. The maximum Gasteiger partial charge on any atom is 0.136 e. The Labute approximate surface area is 268 Å². The van der Waals surface area contributed by atoms with Crippen LogP contribution in [0, 0.1) is 5.92 Å². The fourth-order valence-electron chi connectivity index (χ4n) is 6.31. The molecule has 0 N–H and O–H groups in total. The van der Waals surface area contributed by atoms with Gasteiger partial charge in [0, 0.05) is 37.1 Å². The summed E-state index contributed by atoms with van der Waals surface area (Å²) < 4.78 is 0. The van der Waals surface area contributed by atoms with Gasteiger partial charge in [-0.25, -0.2) is 0 Å². The van der Waals surface area contributed by atoms with Crippen molar-refractivity contribution in [2.45, 2.75) is 206 Å². The van der Waals surface area contributed by atoms with Crippen LogP contribution in [-0.4, -0.2) is 16.6 Å². The molecule has 0 radical (unpaired) electrons. The monoisotopic (exact) mass is 598 g/mol. The molecule has 0 bridgehead atoms. The van der Waals surface area contributed by atoms with Gasteiger partial charge < -0.3 is 0 Å². The Kier molecular flexibility index (Phi) is 28.0. The molecule has 0 aliphatic heterocycles. The van der Waals surface area contributed by atoms with Gasteiger partial charge in [0.2, 0.25) is 0 Å². The summed E-state index contributed by atoms with van der Waals surface area (Å²) in [5, 5.41) is 0. The molecule has 0 aliphatic rings. The molecule has 43 heavy (non-hydrogen) atoms. The number of Topliss-reactive ketones (excluding diaryl/α,β-unsaturated/α-hetero) is 2. The Morgan fingerprint density at radius 2 is 0.930 bits per heavy atom. The number of unbranched alkanes of at least 4 members (excludes halogenated alkanes) is 24. The highest BCUT2D eigenvalue weighted by atomic mass is 16.1. The summed E-state index contributed by atoms with van der Waals surface area (Å²) in [6, 6.07) is 5.88. The van der Waals surface area contributed by atoms with Crippen LogP contribution in [0.2, 0.25) is 0 Å². The molecule has 0 aliphatic carbocycles. The van der Waals surface area contributed by atoms with Gasteiger partial charge in [-0.1, -0.05) is 174 Å². The Morgan fingerprint density at radius 3 is 1.33 bits per heavy atom. The molecular weight excluding hydrogens is 526 g/mol. The Hall–Kier alpha value is -1.51. The largest absolute Gasteiger partial charge is 0.300 e. The van der Waals surface area contributed by atoms with Crippen LogP contribution in [-0.2, 0) is 16.0 Å².